The van der Waals surface area contributed by atoms with Gasteiger partial charge in [-0.2, -0.15) is 34.8 Å². The Balaban J connectivity index is 2.11. The van der Waals surface area contributed by atoms with Crippen molar-refractivity contribution in [3.05, 3.63) is 0 Å². The van der Waals surface area contributed by atoms with Crippen molar-refractivity contribution in [3.63, 3.8) is 0 Å². The van der Waals surface area contributed by atoms with Crippen molar-refractivity contribution in [1.82, 2.24) is 0 Å². The predicted molar refractivity (Wildman–Crippen MR) is 85.1 cm³/mol. The number of halogens is 6. The average Bonchev–Trinajstić information content (AvgIpc) is 2.49. The summed E-state index contributed by atoms with van der Waals surface area (Å²) >= 11 is 0. The highest BCUT2D eigenvalue weighted by atomic mass is 32.2. The minimum Gasteiger partial charge on any atom is -0.438 e. The summed E-state index contributed by atoms with van der Waals surface area (Å²) in [6.45, 7) is 0. The molecule has 2 unspecified atom stereocenters. The van der Waals surface area contributed by atoms with Gasteiger partial charge in [0.05, 0.1) is 0 Å². The molecule has 13 heteroatoms. The van der Waals surface area contributed by atoms with Crippen LogP contribution in [0.5, 0.6) is 0 Å². The fraction of sp³-hybridized carbons (Fsp3) is 0.875. The SMILES string of the molecule is O=C(CCC1CC2CCCC(C1)C2=O)OC(CS(=O)(=O)O)(C(F)(F)F)C(F)(F)F. The van der Waals surface area contributed by atoms with E-state index in [2.05, 4.69) is 4.74 Å². The number of ketones is 1. The Morgan fingerprint density at radius 2 is 1.52 bits per heavy atom. The molecule has 0 spiro atoms. The van der Waals surface area contributed by atoms with Gasteiger partial charge in [0, 0.05) is 18.3 Å². The average molecular weight is 454 g/mol. The maximum Gasteiger partial charge on any atom is 0.438 e. The van der Waals surface area contributed by atoms with E-state index >= 15 is 0 Å². The third-order valence-electron chi connectivity index (χ3n) is 5.49. The summed E-state index contributed by atoms with van der Waals surface area (Å²) in [6.07, 6.45) is -10.6. The fourth-order valence-electron chi connectivity index (χ4n) is 4.13. The summed E-state index contributed by atoms with van der Waals surface area (Å²) in [7, 11) is -5.80. The molecule has 168 valence electrons. The van der Waals surface area contributed by atoms with Gasteiger partial charge in [-0.3, -0.25) is 14.1 Å². The van der Waals surface area contributed by atoms with Crippen LogP contribution < -0.4 is 0 Å². The third-order valence-corrected chi connectivity index (χ3v) is 6.26. The molecule has 2 aliphatic rings. The number of ether oxygens (including phenoxy) is 1. The first-order chi connectivity index (χ1) is 13.1. The van der Waals surface area contributed by atoms with Crippen molar-refractivity contribution >= 4 is 21.9 Å². The van der Waals surface area contributed by atoms with Crippen LogP contribution in [-0.4, -0.2) is 48.4 Å². The van der Waals surface area contributed by atoms with E-state index in [1.807, 2.05) is 0 Å². The summed E-state index contributed by atoms with van der Waals surface area (Å²) < 4.78 is 113. The van der Waals surface area contributed by atoms with Gasteiger partial charge in [0.15, 0.2) is 0 Å². The van der Waals surface area contributed by atoms with Gasteiger partial charge in [0.2, 0.25) is 0 Å². The number of esters is 1. The zero-order valence-electron chi connectivity index (χ0n) is 15.1. The van der Waals surface area contributed by atoms with Crippen molar-refractivity contribution in [1.29, 1.82) is 0 Å². The molecular weight excluding hydrogens is 434 g/mol. The van der Waals surface area contributed by atoms with E-state index in [1.54, 1.807) is 0 Å². The highest BCUT2D eigenvalue weighted by molar-refractivity contribution is 7.85. The predicted octanol–water partition coefficient (Wildman–Crippen LogP) is 3.46. The molecule has 0 aromatic carbocycles. The van der Waals surface area contributed by atoms with Crippen molar-refractivity contribution < 1.29 is 53.6 Å². The van der Waals surface area contributed by atoms with Gasteiger partial charge in [-0.1, -0.05) is 6.42 Å². The van der Waals surface area contributed by atoms with Gasteiger partial charge in [0.1, 0.15) is 11.5 Å². The van der Waals surface area contributed by atoms with Gasteiger partial charge in [-0.15, -0.1) is 0 Å². The fourth-order valence-corrected chi connectivity index (χ4v) is 5.03. The summed E-state index contributed by atoms with van der Waals surface area (Å²) in [5.74, 6) is -5.33. The molecule has 0 heterocycles. The Labute approximate surface area is 162 Å². The molecule has 0 aliphatic heterocycles. The van der Waals surface area contributed by atoms with Crippen LogP contribution >= 0.6 is 0 Å². The third kappa shape index (κ3) is 5.41. The van der Waals surface area contributed by atoms with Crippen molar-refractivity contribution in [3.8, 4) is 0 Å². The molecule has 2 bridgehead atoms. The molecule has 1 N–H and O–H groups in total. The molecule has 0 amide bonds. The lowest BCUT2D eigenvalue weighted by Crippen LogP contribution is -2.63. The Bertz CT molecular complexity index is 714. The van der Waals surface area contributed by atoms with Gasteiger partial charge < -0.3 is 4.74 Å². The van der Waals surface area contributed by atoms with Crippen LogP contribution in [0.15, 0.2) is 0 Å². The van der Waals surface area contributed by atoms with Gasteiger partial charge in [-0.05, 0) is 38.0 Å². The maximum absolute atomic E-state index is 13.1. The number of Topliss-reactive ketones (excluding diaryl/α,β-unsaturated/α-hetero) is 1. The Morgan fingerprint density at radius 3 is 1.93 bits per heavy atom. The van der Waals surface area contributed by atoms with E-state index in [0.717, 1.165) is 6.42 Å². The quantitative estimate of drug-likeness (QED) is 0.375. The Hall–Kier alpha value is -1.37. The van der Waals surface area contributed by atoms with Gasteiger partial charge in [-0.25, -0.2) is 0 Å². The number of carbonyl (C=O) groups excluding carboxylic acids is 2. The second-order valence-corrected chi connectivity index (χ2v) is 9.08. The summed E-state index contributed by atoms with van der Waals surface area (Å²) in [6, 6.07) is 0. The van der Waals surface area contributed by atoms with E-state index in [9.17, 15) is 44.3 Å². The van der Waals surface area contributed by atoms with Crippen molar-refractivity contribution in [2.24, 2.45) is 17.8 Å². The smallest absolute Gasteiger partial charge is 0.438 e. The van der Waals surface area contributed by atoms with E-state index in [-0.39, 0.29) is 30.0 Å². The van der Waals surface area contributed by atoms with Crippen molar-refractivity contribution in [2.75, 3.05) is 5.75 Å². The molecule has 0 aromatic rings. The molecule has 6 nitrogen and oxygen atoms in total. The first-order valence-corrected chi connectivity index (χ1v) is 10.5. The lowest BCUT2D eigenvalue weighted by Gasteiger charge is -2.38. The first-order valence-electron chi connectivity index (χ1n) is 8.90. The van der Waals surface area contributed by atoms with E-state index in [1.165, 1.54) is 0 Å². The largest absolute Gasteiger partial charge is 0.438 e. The topological polar surface area (TPSA) is 97.7 Å². The van der Waals surface area contributed by atoms with Gasteiger partial charge in [0.25, 0.3) is 10.1 Å². The molecule has 2 fully saturated rings. The first kappa shape index (κ1) is 23.9. The number of carbonyl (C=O) groups is 2. The highest BCUT2D eigenvalue weighted by Crippen LogP contribution is 2.47. The maximum atomic E-state index is 13.1. The molecule has 2 saturated carbocycles. The Kier molecular flexibility index (Phi) is 6.63. The summed E-state index contributed by atoms with van der Waals surface area (Å²) in [4.78, 5) is 23.8. The molecular formula is C16H20F6O6S. The highest BCUT2D eigenvalue weighted by Gasteiger charge is 2.75. The molecule has 0 radical (unpaired) electrons. The van der Waals surface area contributed by atoms with Crippen LogP contribution in [0.1, 0.15) is 44.9 Å². The van der Waals surface area contributed by atoms with E-state index in [0.29, 0.717) is 25.7 Å². The molecule has 0 aromatic heterocycles. The zero-order chi connectivity index (χ0) is 22.3. The summed E-state index contributed by atoms with van der Waals surface area (Å²) in [5.41, 5.74) is -5.37. The number of hydrogen-bond acceptors (Lipinski definition) is 5. The number of hydrogen-bond donors (Lipinski definition) is 1. The van der Waals surface area contributed by atoms with Crippen LogP contribution in [0.3, 0.4) is 0 Å². The second-order valence-electron chi connectivity index (χ2n) is 7.63. The molecule has 0 saturated heterocycles. The monoisotopic (exact) mass is 454 g/mol. The zero-order valence-corrected chi connectivity index (χ0v) is 15.9. The Morgan fingerprint density at radius 1 is 1.03 bits per heavy atom. The molecule has 2 atom stereocenters. The van der Waals surface area contributed by atoms with Crippen LogP contribution in [0.25, 0.3) is 0 Å². The van der Waals surface area contributed by atoms with Crippen LogP contribution in [-0.2, 0) is 24.4 Å². The van der Waals surface area contributed by atoms with Crippen LogP contribution in [0.4, 0.5) is 26.3 Å². The second kappa shape index (κ2) is 8.05. The van der Waals surface area contributed by atoms with Crippen molar-refractivity contribution in [2.45, 2.75) is 62.9 Å². The molecule has 2 aliphatic carbocycles. The standard InChI is InChI=1S/C16H20F6O6S/c17-15(18,19)14(16(20,21)22,8-29(25,26)27)28-12(23)5-4-9-6-10-2-1-3-11(7-9)13(10)24/h9-11H,1-8H2,(H,25,26,27). The van der Waals surface area contributed by atoms with E-state index < -0.39 is 46.2 Å². The normalized spacial score (nSPS) is 26.3. The number of alkyl halides is 6. The lowest BCUT2D eigenvalue weighted by molar-refractivity contribution is -0.361. The number of fused-ring (bicyclic) bond motifs is 2. The lowest BCUT2D eigenvalue weighted by atomic mass is 9.66. The van der Waals surface area contributed by atoms with Gasteiger partial charge >= 0.3 is 23.9 Å². The minimum atomic E-state index is -6.33. The molecule has 29 heavy (non-hydrogen) atoms. The summed E-state index contributed by atoms with van der Waals surface area (Å²) in [5, 5.41) is 0. The molecule has 2 rings (SSSR count). The minimum absolute atomic E-state index is 0.0865. The van der Waals surface area contributed by atoms with Crippen LogP contribution in [0, 0.1) is 17.8 Å². The van der Waals surface area contributed by atoms with Crippen LogP contribution in [0.2, 0.25) is 0 Å². The number of rotatable bonds is 6. The van der Waals surface area contributed by atoms with E-state index in [4.69, 9.17) is 4.55 Å².